The zero-order valence-electron chi connectivity index (χ0n) is 9.05. The highest BCUT2D eigenvalue weighted by atomic mass is 79.9. The lowest BCUT2D eigenvalue weighted by Crippen LogP contribution is -1.94. The molecule has 2 rings (SSSR count). The fourth-order valence-electron chi connectivity index (χ4n) is 1.58. The molecule has 0 radical (unpaired) electrons. The van der Waals surface area contributed by atoms with E-state index in [4.69, 9.17) is 32.7 Å². The molecule has 0 amide bonds. The van der Waals surface area contributed by atoms with Crippen molar-refractivity contribution in [1.82, 2.24) is 4.98 Å². The second-order valence-corrected chi connectivity index (χ2v) is 4.88. The van der Waals surface area contributed by atoms with Crippen LogP contribution in [0.25, 0.3) is 10.9 Å². The van der Waals surface area contributed by atoms with E-state index >= 15 is 0 Å². The highest BCUT2D eigenvalue weighted by Gasteiger charge is 2.17. The van der Waals surface area contributed by atoms with Crippen LogP contribution in [0.5, 0.6) is 11.5 Å². The Kier molecular flexibility index (Phi) is 3.66. The third-order valence-electron chi connectivity index (χ3n) is 2.33. The van der Waals surface area contributed by atoms with Gasteiger partial charge in [0, 0.05) is 12.3 Å². The van der Waals surface area contributed by atoms with Gasteiger partial charge >= 0.3 is 0 Å². The van der Waals surface area contributed by atoms with Crippen LogP contribution in [-0.2, 0) is 0 Å². The first-order chi connectivity index (χ1) is 8.10. The van der Waals surface area contributed by atoms with E-state index in [2.05, 4.69) is 20.9 Å². The summed E-state index contributed by atoms with van der Waals surface area (Å²) in [5, 5.41) is 1.55. The van der Waals surface area contributed by atoms with Gasteiger partial charge in [-0.15, -0.1) is 0 Å². The number of rotatable bonds is 2. The van der Waals surface area contributed by atoms with Crippen molar-refractivity contribution in [3.8, 4) is 11.5 Å². The van der Waals surface area contributed by atoms with Crippen LogP contribution in [0.15, 0.2) is 16.7 Å². The van der Waals surface area contributed by atoms with Crippen molar-refractivity contribution in [3.05, 3.63) is 26.8 Å². The number of hydrogen-bond acceptors (Lipinski definition) is 3. The van der Waals surface area contributed by atoms with Crippen molar-refractivity contribution in [2.45, 2.75) is 0 Å². The number of hydrogen-bond donors (Lipinski definition) is 0. The highest BCUT2D eigenvalue weighted by Crippen LogP contribution is 2.43. The molecule has 0 atom stereocenters. The maximum atomic E-state index is 6.23. The molecule has 17 heavy (non-hydrogen) atoms. The van der Waals surface area contributed by atoms with Gasteiger partial charge in [0.15, 0.2) is 0 Å². The van der Waals surface area contributed by atoms with Gasteiger partial charge in [-0.1, -0.05) is 23.2 Å². The van der Waals surface area contributed by atoms with Crippen LogP contribution in [0.4, 0.5) is 0 Å². The lowest BCUT2D eigenvalue weighted by atomic mass is 10.2. The summed E-state index contributed by atoms with van der Waals surface area (Å²) in [7, 11) is 3.08. The number of benzene rings is 1. The fourth-order valence-corrected chi connectivity index (χ4v) is 2.38. The number of halogens is 3. The molecule has 0 fully saturated rings. The first-order valence-electron chi connectivity index (χ1n) is 4.64. The molecule has 6 heteroatoms. The van der Waals surface area contributed by atoms with Gasteiger partial charge in [0.25, 0.3) is 0 Å². The van der Waals surface area contributed by atoms with Gasteiger partial charge in [-0.05, 0) is 15.9 Å². The summed E-state index contributed by atoms with van der Waals surface area (Å²) in [4.78, 5) is 4.27. The second kappa shape index (κ2) is 4.88. The van der Waals surface area contributed by atoms with Crippen molar-refractivity contribution in [3.63, 3.8) is 0 Å². The minimum Gasteiger partial charge on any atom is -0.494 e. The Balaban J connectivity index is 2.98. The van der Waals surface area contributed by atoms with Gasteiger partial charge in [0.05, 0.1) is 34.1 Å². The fraction of sp³-hybridized carbons (Fsp3) is 0.182. The quantitative estimate of drug-likeness (QED) is 0.818. The molecule has 0 aliphatic heterocycles. The summed E-state index contributed by atoms with van der Waals surface area (Å²) in [6.45, 7) is 0. The summed E-state index contributed by atoms with van der Waals surface area (Å²) >= 11 is 15.7. The minimum atomic E-state index is 0.429. The van der Waals surface area contributed by atoms with Crippen LogP contribution in [-0.4, -0.2) is 19.2 Å². The van der Waals surface area contributed by atoms with Crippen LogP contribution in [0.2, 0.25) is 10.0 Å². The Morgan fingerprint density at radius 3 is 2.53 bits per heavy atom. The second-order valence-electron chi connectivity index (χ2n) is 3.24. The van der Waals surface area contributed by atoms with Gasteiger partial charge in [-0.3, -0.25) is 4.98 Å². The molecule has 1 aromatic heterocycles. The molecule has 0 N–H and O–H groups in total. The van der Waals surface area contributed by atoms with Gasteiger partial charge < -0.3 is 9.47 Å². The van der Waals surface area contributed by atoms with Crippen molar-refractivity contribution in [2.24, 2.45) is 0 Å². The van der Waals surface area contributed by atoms with E-state index in [1.54, 1.807) is 19.4 Å². The molecule has 1 heterocycles. The van der Waals surface area contributed by atoms with Gasteiger partial charge in [-0.25, -0.2) is 0 Å². The molecule has 90 valence electrons. The van der Waals surface area contributed by atoms with Gasteiger partial charge in [0.2, 0.25) is 0 Å². The van der Waals surface area contributed by atoms with E-state index in [0.717, 1.165) is 0 Å². The molecule has 0 bridgehead atoms. The van der Waals surface area contributed by atoms with E-state index in [1.807, 2.05) is 0 Å². The van der Waals surface area contributed by atoms with Crippen molar-refractivity contribution in [1.29, 1.82) is 0 Å². The van der Waals surface area contributed by atoms with Gasteiger partial charge in [-0.2, -0.15) is 0 Å². The number of fused-ring (bicyclic) bond motifs is 1. The predicted molar refractivity (Wildman–Crippen MR) is 72.6 cm³/mol. The van der Waals surface area contributed by atoms with Crippen LogP contribution >= 0.6 is 39.1 Å². The van der Waals surface area contributed by atoms with Crippen LogP contribution in [0.3, 0.4) is 0 Å². The van der Waals surface area contributed by atoms with Crippen LogP contribution < -0.4 is 9.47 Å². The SMILES string of the molecule is COc1cc(Cl)c(OC)c2c(Cl)c(Br)cnc12. The first-order valence-corrected chi connectivity index (χ1v) is 6.19. The first kappa shape index (κ1) is 12.7. The smallest absolute Gasteiger partial charge is 0.148 e. The summed E-state index contributed by atoms with van der Waals surface area (Å²) in [5.41, 5.74) is 0.613. The minimum absolute atomic E-state index is 0.429. The molecule has 1 aromatic carbocycles. The number of pyridine rings is 1. The molecule has 0 unspecified atom stereocenters. The Labute approximate surface area is 117 Å². The highest BCUT2D eigenvalue weighted by molar-refractivity contribution is 9.10. The Morgan fingerprint density at radius 1 is 1.24 bits per heavy atom. The predicted octanol–water partition coefficient (Wildman–Crippen LogP) is 4.32. The lowest BCUT2D eigenvalue weighted by Gasteiger charge is -2.12. The van der Waals surface area contributed by atoms with E-state index in [1.165, 1.54) is 7.11 Å². The third-order valence-corrected chi connectivity index (χ3v) is 3.84. The molecule has 2 aromatic rings. The van der Waals surface area contributed by atoms with Crippen molar-refractivity contribution in [2.75, 3.05) is 14.2 Å². The molecule has 0 saturated carbocycles. The van der Waals surface area contributed by atoms with Crippen LogP contribution in [0, 0.1) is 0 Å². The summed E-state index contributed by atoms with van der Waals surface area (Å²) in [6, 6.07) is 1.65. The Bertz CT molecular complexity index is 589. The maximum absolute atomic E-state index is 6.23. The van der Waals surface area contributed by atoms with E-state index < -0.39 is 0 Å². The maximum Gasteiger partial charge on any atom is 0.148 e. The summed E-state index contributed by atoms with van der Waals surface area (Å²) in [5.74, 6) is 1.04. The molecule has 0 saturated heterocycles. The van der Waals surface area contributed by atoms with Crippen molar-refractivity contribution < 1.29 is 9.47 Å². The number of nitrogens with zero attached hydrogens (tertiary/aromatic N) is 1. The van der Waals surface area contributed by atoms with E-state index in [9.17, 15) is 0 Å². The monoisotopic (exact) mass is 335 g/mol. The number of methoxy groups -OCH3 is 2. The van der Waals surface area contributed by atoms with Crippen molar-refractivity contribution >= 4 is 50.0 Å². The largest absolute Gasteiger partial charge is 0.494 e. The van der Waals surface area contributed by atoms with Gasteiger partial charge in [0.1, 0.15) is 17.0 Å². The van der Waals surface area contributed by atoms with Crippen LogP contribution in [0.1, 0.15) is 0 Å². The molecule has 3 nitrogen and oxygen atoms in total. The summed E-state index contributed by atoms with van der Waals surface area (Å²) in [6.07, 6.45) is 1.61. The normalized spacial score (nSPS) is 10.6. The molecule has 0 spiro atoms. The Morgan fingerprint density at radius 2 is 1.94 bits per heavy atom. The Hall–Kier alpha value is -0.710. The average molecular weight is 337 g/mol. The molecular weight excluding hydrogens is 329 g/mol. The number of ether oxygens (including phenoxy) is 2. The molecule has 0 aliphatic carbocycles. The zero-order valence-corrected chi connectivity index (χ0v) is 12.2. The lowest BCUT2D eigenvalue weighted by molar-refractivity contribution is 0.410. The third kappa shape index (κ3) is 2.05. The van der Waals surface area contributed by atoms with E-state index in [0.29, 0.717) is 36.9 Å². The average Bonchev–Trinajstić information content (AvgIpc) is 2.33. The molecule has 0 aliphatic rings. The number of aromatic nitrogens is 1. The zero-order chi connectivity index (χ0) is 12.6. The standard InChI is InChI=1S/C11H8BrCl2NO2/c1-16-7-3-6(13)11(17-2)8-9(14)5(12)4-15-10(7)8/h3-4H,1-2H3. The van der Waals surface area contributed by atoms with E-state index in [-0.39, 0.29) is 0 Å². The summed E-state index contributed by atoms with van der Waals surface area (Å²) < 4.78 is 11.2. The molecular formula is C11H8BrCl2NO2. The topological polar surface area (TPSA) is 31.4 Å².